The lowest BCUT2D eigenvalue weighted by Gasteiger charge is -2.13. The van der Waals surface area contributed by atoms with Crippen molar-refractivity contribution in [2.45, 2.75) is 25.7 Å². The van der Waals surface area contributed by atoms with Crippen LogP contribution in [0.3, 0.4) is 0 Å². The second-order valence-electron chi connectivity index (χ2n) is 5.22. The molecule has 1 aliphatic rings. The van der Waals surface area contributed by atoms with Crippen LogP contribution in [0.5, 0.6) is 0 Å². The largest absolute Gasteiger partial charge is 0.303 e. The normalized spacial score (nSPS) is 15.8. The standard InChI is InChI=1S/C15H19N3OS/c19-15-8-6-13(16-17-15)14-7-5-12(20-14)4-3-11-18-9-1-2-10-18/h5-8H,1-4,9-11H2,(H,17,19). The molecule has 3 rings (SSSR count). The van der Waals surface area contributed by atoms with Gasteiger partial charge in [0.2, 0.25) is 0 Å². The number of aromatic amines is 1. The van der Waals surface area contributed by atoms with Crippen molar-refractivity contribution < 1.29 is 0 Å². The lowest BCUT2D eigenvalue weighted by atomic mass is 10.2. The highest BCUT2D eigenvalue weighted by Gasteiger charge is 2.11. The lowest BCUT2D eigenvalue weighted by Crippen LogP contribution is -2.20. The lowest BCUT2D eigenvalue weighted by molar-refractivity contribution is 0.334. The Morgan fingerprint density at radius 1 is 1.20 bits per heavy atom. The molecule has 0 aromatic carbocycles. The number of nitrogens with zero attached hydrogens (tertiary/aromatic N) is 2. The number of H-pyrrole nitrogens is 1. The molecule has 0 amide bonds. The molecule has 20 heavy (non-hydrogen) atoms. The van der Waals surface area contributed by atoms with Gasteiger partial charge in [-0.2, -0.15) is 5.10 Å². The van der Waals surface area contributed by atoms with E-state index in [9.17, 15) is 4.79 Å². The first kappa shape index (κ1) is 13.5. The van der Waals surface area contributed by atoms with Crippen molar-refractivity contribution in [2.24, 2.45) is 0 Å². The van der Waals surface area contributed by atoms with Crippen molar-refractivity contribution in [3.05, 3.63) is 39.5 Å². The van der Waals surface area contributed by atoms with E-state index in [1.54, 1.807) is 17.4 Å². The highest BCUT2D eigenvalue weighted by Crippen LogP contribution is 2.26. The number of nitrogens with one attached hydrogen (secondary N) is 1. The molecule has 0 atom stereocenters. The zero-order valence-electron chi connectivity index (χ0n) is 11.5. The van der Waals surface area contributed by atoms with Gasteiger partial charge in [0.25, 0.3) is 5.56 Å². The van der Waals surface area contributed by atoms with Gasteiger partial charge in [-0.1, -0.05) is 0 Å². The van der Waals surface area contributed by atoms with Crippen LogP contribution in [-0.4, -0.2) is 34.7 Å². The Labute approximate surface area is 122 Å². The summed E-state index contributed by atoms with van der Waals surface area (Å²) in [6.45, 7) is 3.76. The molecular weight excluding hydrogens is 270 g/mol. The van der Waals surface area contributed by atoms with Gasteiger partial charge < -0.3 is 4.90 Å². The Balaban J connectivity index is 1.56. The van der Waals surface area contributed by atoms with Gasteiger partial charge in [0.05, 0.1) is 4.88 Å². The van der Waals surface area contributed by atoms with Crippen LogP contribution >= 0.6 is 11.3 Å². The molecule has 1 aliphatic heterocycles. The molecule has 106 valence electrons. The van der Waals surface area contributed by atoms with Crippen molar-refractivity contribution in [1.29, 1.82) is 0 Å². The Morgan fingerprint density at radius 2 is 2.05 bits per heavy atom. The summed E-state index contributed by atoms with van der Waals surface area (Å²) in [7, 11) is 0. The number of hydrogen-bond donors (Lipinski definition) is 1. The van der Waals surface area contributed by atoms with Crippen molar-refractivity contribution in [2.75, 3.05) is 19.6 Å². The first-order valence-corrected chi connectivity index (χ1v) is 8.00. The fourth-order valence-corrected chi connectivity index (χ4v) is 3.63. The molecule has 0 radical (unpaired) electrons. The van der Waals surface area contributed by atoms with Crippen molar-refractivity contribution in [3.8, 4) is 10.6 Å². The van der Waals surface area contributed by atoms with E-state index < -0.39 is 0 Å². The topological polar surface area (TPSA) is 49.0 Å². The molecule has 4 nitrogen and oxygen atoms in total. The summed E-state index contributed by atoms with van der Waals surface area (Å²) in [5, 5.41) is 6.55. The van der Waals surface area contributed by atoms with Crippen LogP contribution in [0.2, 0.25) is 0 Å². The van der Waals surface area contributed by atoms with E-state index in [-0.39, 0.29) is 5.56 Å². The third kappa shape index (κ3) is 3.35. The van der Waals surface area contributed by atoms with E-state index in [0.717, 1.165) is 17.0 Å². The molecule has 0 aliphatic carbocycles. The van der Waals surface area contributed by atoms with Gasteiger partial charge in [-0.3, -0.25) is 4.79 Å². The first-order valence-electron chi connectivity index (χ1n) is 7.18. The van der Waals surface area contributed by atoms with Gasteiger partial charge in [-0.15, -0.1) is 11.3 Å². The summed E-state index contributed by atoms with van der Waals surface area (Å²) in [4.78, 5) is 16.1. The minimum Gasteiger partial charge on any atom is -0.303 e. The number of hydrogen-bond acceptors (Lipinski definition) is 4. The molecule has 2 aromatic rings. The number of aromatic nitrogens is 2. The van der Waals surface area contributed by atoms with Gasteiger partial charge in [0.15, 0.2) is 0 Å². The molecule has 5 heteroatoms. The van der Waals surface area contributed by atoms with E-state index in [2.05, 4.69) is 27.2 Å². The Kier molecular flexibility index (Phi) is 4.28. The highest BCUT2D eigenvalue weighted by molar-refractivity contribution is 7.15. The number of likely N-dealkylation sites (tertiary alicyclic amines) is 1. The number of thiophene rings is 1. The van der Waals surface area contributed by atoms with Crippen LogP contribution in [-0.2, 0) is 6.42 Å². The minimum atomic E-state index is -0.156. The fraction of sp³-hybridized carbons (Fsp3) is 0.467. The quantitative estimate of drug-likeness (QED) is 0.920. The maximum atomic E-state index is 11.0. The van der Waals surface area contributed by atoms with Crippen molar-refractivity contribution in [3.63, 3.8) is 0 Å². The molecule has 1 fully saturated rings. The average molecular weight is 289 g/mol. The van der Waals surface area contributed by atoms with Gasteiger partial charge in [-0.05, 0) is 63.5 Å². The smallest absolute Gasteiger partial charge is 0.264 e. The van der Waals surface area contributed by atoms with Gasteiger partial charge >= 0.3 is 0 Å². The molecule has 0 unspecified atom stereocenters. The molecule has 1 N–H and O–H groups in total. The average Bonchev–Trinajstić information content (AvgIpc) is 3.11. The van der Waals surface area contributed by atoms with Crippen LogP contribution in [0, 0.1) is 0 Å². The predicted molar refractivity (Wildman–Crippen MR) is 82.2 cm³/mol. The molecule has 0 bridgehead atoms. The maximum absolute atomic E-state index is 11.0. The summed E-state index contributed by atoms with van der Waals surface area (Å²) in [6.07, 6.45) is 5.07. The predicted octanol–water partition coefficient (Wildman–Crippen LogP) is 2.53. The van der Waals surface area contributed by atoms with Crippen LogP contribution in [0.25, 0.3) is 10.6 Å². The fourth-order valence-electron chi connectivity index (χ4n) is 2.61. The highest BCUT2D eigenvalue weighted by atomic mass is 32.1. The zero-order chi connectivity index (χ0) is 13.8. The second-order valence-corrected chi connectivity index (χ2v) is 6.39. The van der Waals surface area contributed by atoms with Crippen LogP contribution in [0.4, 0.5) is 0 Å². The Bertz CT molecular complexity index is 593. The molecule has 0 spiro atoms. The number of aryl methyl sites for hydroxylation is 1. The number of rotatable bonds is 5. The third-order valence-corrected chi connectivity index (χ3v) is 4.86. The summed E-state index contributed by atoms with van der Waals surface area (Å²) >= 11 is 1.77. The Morgan fingerprint density at radius 3 is 2.80 bits per heavy atom. The SMILES string of the molecule is O=c1ccc(-c2ccc(CCCN3CCCC3)s2)n[nH]1. The molecular formula is C15H19N3OS. The van der Waals surface area contributed by atoms with Crippen LogP contribution < -0.4 is 5.56 Å². The van der Waals surface area contributed by atoms with E-state index in [4.69, 9.17) is 0 Å². The van der Waals surface area contributed by atoms with Gasteiger partial charge in [0.1, 0.15) is 5.69 Å². The Hall–Kier alpha value is -1.46. The first-order chi connectivity index (χ1) is 9.81. The van der Waals surface area contributed by atoms with Gasteiger partial charge in [0, 0.05) is 10.9 Å². The van der Waals surface area contributed by atoms with Gasteiger partial charge in [-0.25, -0.2) is 5.10 Å². The van der Waals surface area contributed by atoms with E-state index in [0.29, 0.717) is 0 Å². The van der Waals surface area contributed by atoms with Crippen molar-refractivity contribution >= 4 is 11.3 Å². The van der Waals surface area contributed by atoms with E-state index in [1.165, 1.54) is 49.8 Å². The van der Waals surface area contributed by atoms with E-state index >= 15 is 0 Å². The molecule has 1 saturated heterocycles. The van der Waals surface area contributed by atoms with E-state index in [1.807, 2.05) is 0 Å². The molecule has 2 aromatic heterocycles. The maximum Gasteiger partial charge on any atom is 0.264 e. The molecule has 3 heterocycles. The van der Waals surface area contributed by atoms with Crippen LogP contribution in [0.1, 0.15) is 24.1 Å². The third-order valence-electron chi connectivity index (χ3n) is 3.69. The summed E-state index contributed by atoms with van der Waals surface area (Å²) < 4.78 is 0. The second kappa shape index (κ2) is 6.33. The van der Waals surface area contributed by atoms with Crippen molar-refractivity contribution in [1.82, 2.24) is 15.1 Å². The summed E-state index contributed by atoms with van der Waals surface area (Å²) in [5.74, 6) is 0. The summed E-state index contributed by atoms with van der Waals surface area (Å²) in [6, 6.07) is 7.57. The monoisotopic (exact) mass is 289 g/mol. The minimum absolute atomic E-state index is 0.156. The van der Waals surface area contributed by atoms with Crippen LogP contribution in [0.15, 0.2) is 29.1 Å². The zero-order valence-corrected chi connectivity index (χ0v) is 12.3. The molecule has 0 saturated carbocycles. The summed E-state index contributed by atoms with van der Waals surface area (Å²) in [5.41, 5.74) is 0.691.